The van der Waals surface area contributed by atoms with Crippen LogP contribution in [-0.4, -0.2) is 25.5 Å². The van der Waals surface area contributed by atoms with E-state index < -0.39 is 21.5 Å². The van der Waals surface area contributed by atoms with Gasteiger partial charge in [-0.05, 0) is 67.7 Å². The summed E-state index contributed by atoms with van der Waals surface area (Å²) in [7, 11) is -4.54. The van der Waals surface area contributed by atoms with Crippen LogP contribution < -0.4 is 14.6 Å². The monoisotopic (exact) mass is 533 g/mol. The summed E-state index contributed by atoms with van der Waals surface area (Å²) in [4.78, 5) is 12.6. The van der Waals surface area contributed by atoms with Crippen molar-refractivity contribution in [3.63, 3.8) is 0 Å². The molecule has 4 rings (SSSR count). The van der Waals surface area contributed by atoms with Crippen molar-refractivity contribution in [2.75, 3.05) is 11.4 Å². The van der Waals surface area contributed by atoms with E-state index in [1.54, 1.807) is 6.07 Å². The summed E-state index contributed by atoms with van der Waals surface area (Å²) in [5.41, 5.74) is 4.46. The Morgan fingerprint density at radius 1 is 1.08 bits per heavy atom. The second-order valence-electron chi connectivity index (χ2n) is 10.1. The molecular weight excluding hydrogens is 500 g/mol. The minimum atomic E-state index is -4.54. The number of para-hydroxylation sites is 1. The van der Waals surface area contributed by atoms with Gasteiger partial charge in [-0.1, -0.05) is 38.1 Å². The Morgan fingerprint density at radius 2 is 1.84 bits per heavy atom. The molecule has 1 aliphatic rings. The molecule has 200 valence electrons. The lowest BCUT2D eigenvalue weighted by Crippen LogP contribution is -2.34. The number of carboxylic acid groups (broad SMARTS) is 1. The molecule has 0 unspecified atom stereocenters. The highest BCUT2D eigenvalue weighted by Gasteiger charge is 2.39. The molecule has 0 saturated carbocycles. The predicted molar refractivity (Wildman–Crippen MR) is 145 cm³/mol. The van der Waals surface area contributed by atoms with Crippen molar-refractivity contribution >= 4 is 38.8 Å². The summed E-state index contributed by atoms with van der Waals surface area (Å²) >= 11 is 0. The number of carboxylic acids is 1. The highest BCUT2D eigenvalue weighted by atomic mass is 32.2. The van der Waals surface area contributed by atoms with Crippen molar-refractivity contribution in [3.05, 3.63) is 83.7 Å². The van der Waals surface area contributed by atoms with Gasteiger partial charge in [0.05, 0.1) is 10.3 Å². The first-order chi connectivity index (χ1) is 18.0. The quantitative estimate of drug-likeness (QED) is 0.221. The van der Waals surface area contributed by atoms with Crippen LogP contribution in [0.2, 0.25) is 0 Å². The molecule has 1 aromatic heterocycles. The van der Waals surface area contributed by atoms with E-state index in [-0.39, 0.29) is 11.3 Å². The van der Waals surface area contributed by atoms with Crippen LogP contribution in [0.1, 0.15) is 57.6 Å². The van der Waals surface area contributed by atoms with Gasteiger partial charge in [-0.3, -0.25) is 0 Å². The van der Waals surface area contributed by atoms with E-state index in [2.05, 4.69) is 46.0 Å². The predicted octanol–water partition coefficient (Wildman–Crippen LogP) is 4.06. The molecular formula is C30H33N2O5S-. The minimum absolute atomic E-state index is 0.0981. The van der Waals surface area contributed by atoms with Crippen molar-refractivity contribution in [1.82, 2.24) is 0 Å². The van der Waals surface area contributed by atoms with Crippen LogP contribution in [0.25, 0.3) is 17.0 Å². The van der Waals surface area contributed by atoms with Crippen molar-refractivity contribution in [3.8, 4) is 0 Å². The molecule has 0 fully saturated rings. The number of aryl methyl sites for hydroxylation is 1. The summed E-state index contributed by atoms with van der Waals surface area (Å²) in [6, 6.07) is 14.9. The van der Waals surface area contributed by atoms with Crippen LogP contribution in [0, 0.1) is 0 Å². The molecule has 0 atom stereocenters. The molecule has 8 heteroatoms. The van der Waals surface area contributed by atoms with Crippen molar-refractivity contribution < 1.29 is 27.4 Å². The molecule has 2 aromatic carbocycles. The van der Waals surface area contributed by atoms with Gasteiger partial charge in [0, 0.05) is 47.9 Å². The SMILES string of the molecule is CCN1C(=CC=Cc2cc[n+](CCCCCC(=O)[O-])c3ccccc23)C(C)(C)c2cc(S(=O)(=O)[O-])ccc21. The van der Waals surface area contributed by atoms with Crippen LogP contribution >= 0.6 is 0 Å². The van der Waals surface area contributed by atoms with Gasteiger partial charge in [-0.2, -0.15) is 4.57 Å². The fourth-order valence-corrected chi connectivity index (χ4v) is 5.77. The number of aromatic nitrogens is 1. The number of carbonyl (C=O) groups is 1. The number of carbonyl (C=O) groups excluding carboxylic acids is 1. The molecule has 3 aromatic rings. The molecule has 2 heterocycles. The smallest absolute Gasteiger partial charge is 0.213 e. The van der Waals surface area contributed by atoms with Crippen LogP contribution in [0.3, 0.4) is 0 Å². The fourth-order valence-electron chi connectivity index (χ4n) is 5.27. The zero-order valence-electron chi connectivity index (χ0n) is 22.0. The molecule has 38 heavy (non-hydrogen) atoms. The Labute approximate surface area is 224 Å². The van der Waals surface area contributed by atoms with Crippen LogP contribution in [-0.2, 0) is 26.9 Å². The van der Waals surface area contributed by atoms with E-state index in [9.17, 15) is 22.9 Å². The van der Waals surface area contributed by atoms with E-state index in [0.717, 1.165) is 52.8 Å². The summed E-state index contributed by atoms with van der Waals surface area (Å²) in [6.07, 6.45) is 10.7. The standard InChI is InChI=1S/C30H34N2O5S/c1-4-32-27-17-16-23(38(35,36)37)21-25(27)30(2,3)28(32)14-10-11-22-18-20-31(19-9-5-6-15-29(33)34)26-13-8-7-12-24(22)26/h7-8,10-14,16-18,20-21H,4-6,9,15,19H2,1-3H3,(H-,33,34,35,36,37)/p-1. The molecule has 1 aliphatic heterocycles. The topological polar surface area (TPSA) is 104 Å². The molecule has 0 aliphatic carbocycles. The molecule has 0 amide bonds. The van der Waals surface area contributed by atoms with E-state index in [1.165, 1.54) is 12.1 Å². The number of rotatable bonds is 10. The molecule has 0 spiro atoms. The van der Waals surface area contributed by atoms with E-state index in [0.29, 0.717) is 13.0 Å². The van der Waals surface area contributed by atoms with Crippen LogP contribution in [0.15, 0.2) is 77.5 Å². The van der Waals surface area contributed by atoms with Gasteiger partial charge in [0.25, 0.3) is 0 Å². The number of fused-ring (bicyclic) bond motifs is 2. The molecule has 0 bridgehead atoms. The fraction of sp³-hybridized carbons (Fsp3) is 0.333. The Morgan fingerprint density at radius 3 is 2.55 bits per heavy atom. The molecule has 7 nitrogen and oxygen atoms in total. The highest BCUT2D eigenvalue weighted by Crippen LogP contribution is 2.48. The summed E-state index contributed by atoms with van der Waals surface area (Å²) in [5, 5.41) is 11.7. The Bertz CT molecular complexity index is 1520. The number of benzene rings is 2. The third-order valence-corrected chi connectivity index (χ3v) is 8.07. The second kappa shape index (κ2) is 11.1. The van der Waals surface area contributed by atoms with Gasteiger partial charge in [0.2, 0.25) is 5.52 Å². The normalized spacial score (nSPS) is 16.0. The average Bonchev–Trinajstić information content (AvgIpc) is 3.09. The second-order valence-corrected chi connectivity index (χ2v) is 11.5. The van der Waals surface area contributed by atoms with Gasteiger partial charge in [-0.15, -0.1) is 0 Å². The summed E-state index contributed by atoms with van der Waals surface area (Å²) < 4.78 is 37.1. The molecule has 0 saturated heterocycles. The first-order valence-corrected chi connectivity index (χ1v) is 14.3. The maximum atomic E-state index is 11.6. The van der Waals surface area contributed by atoms with Gasteiger partial charge < -0.3 is 19.4 Å². The number of likely N-dealkylation sites (N-methyl/N-ethyl adjacent to an activating group) is 1. The lowest BCUT2D eigenvalue weighted by Gasteiger charge is -2.25. The van der Waals surface area contributed by atoms with Crippen molar-refractivity contribution in [1.29, 1.82) is 0 Å². The number of hydrogen-bond donors (Lipinski definition) is 0. The first-order valence-electron chi connectivity index (χ1n) is 12.9. The van der Waals surface area contributed by atoms with Gasteiger partial charge in [-0.25, -0.2) is 8.42 Å². The molecule has 0 radical (unpaired) electrons. The maximum absolute atomic E-state index is 11.6. The lowest BCUT2D eigenvalue weighted by atomic mass is 9.83. The number of pyridine rings is 1. The van der Waals surface area contributed by atoms with Gasteiger partial charge >= 0.3 is 0 Å². The summed E-state index contributed by atoms with van der Waals surface area (Å²) in [5.74, 6) is -0.999. The first kappa shape index (κ1) is 27.5. The number of nitrogens with zero attached hydrogens (tertiary/aromatic N) is 2. The minimum Gasteiger partial charge on any atom is -0.744 e. The van der Waals surface area contributed by atoms with Crippen LogP contribution in [0.5, 0.6) is 0 Å². The van der Waals surface area contributed by atoms with E-state index in [1.807, 2.05) is 39.0 Å². The number of allylic oxidation sites excluding steroid dienone is 3. The maximum Gasteiger partial charge on any atom is 0.213 e. The van der Waals surface area contributed by atoms with Crippen molar-refractivity contribution in [2.24, 2.45) is 0 Å². The number of aliphatic carboxylic acids is 1. The van der Waals surface area contributed by atoms with Gasteiger partial charge in [0.1, 0.15) is 16.7 Å². The zero-order chi connectivity index (χ0) is 27.5. The average molecular weight is 534 g/mol. The third kappa shape index (κ3) is 5.66. The third-order valence-electron chi connectivity index (χ3n) is 7.24. The largest absolute Gasteiger partial charge is 0.744 e. The highest BCUT2D eigenvalue weighted by molar-refractivity contribution is 7.85. The lowest BCUT2D eigenvalue weighted by molar-refractivity contribution is -0.671. The number of anilines is 1. The van der Waals surface area contributed by atoms with Crippen molar-refractivity contribution in [2.45, 2.75) is 63.3 Å². The Balaban J connectivity index is 1.60. The number of hydrogen-bond acceptors (Lipinski definition) is 6. The van der Waals surface area contributed by atoms with Crippen LogP contribution in [0.4, 0.5) is 5.69 Å². The van der Waals surface area contributed by atoms with Gasteiger partial charge in [0.15, 0.2) is 6.20 Å². The van der Waals surface area contributed by atoms with E-state index >= 15 is 0 Å². The van der Waals surface area contributed by atoms with E-state index in [4.69, 9.17) is 0 Å². The summed E-state index contributed by atoms with van der Waals surface area (Å²) in [6.45, 7) is 7.63. The molecule has 0 N–H and O–H groups in total. The number of unbranched alkanes of at least 4 members (excludes halogenated alkanes) is 2. The Hall–Kier alpha value is -3.49. The zero-order valence-corrected chi connectivity index (χ0v) is 22.8. The Kier molecular flexibility index (Phi) is 8.04.